The summed E-state index contributed by atoms with van der Waals surface area (Å²) in [7, 11) is -3.26. The maximum atomic E-state index is 11.8. The summed E-state index contributed by atoms with van der Waals surface area (Å²) in [5.74, 6) is 0.597. The van der Waals surface area contributed by atoms with E-state index in [1.54, 1.807) is 25.1 Å². The van der Waals surface area contributed by atoms with Crippen LogP contribution in [-0.2, 0) is 9.84 Å². The predicted octanol–water partition coefficient (Wildman–Crippen LogP) is 3.30. The Balaban J connectivity index is 1.66. The van der Waals surface area contributed by atoms with E-state index in [0.717, 1.165) is 16.6 Å². The van der Waals surface area contributed by atoms with Crippen molar-refractivity contribution in [3.8, 4) is 5.75 Å². The highest BCUT2D eigenvalue weighted by Gasteiger charge is 2.12. The number of fused-ring (bicyclic) bond motifs is 1. The van der Waals surface area contributed by atoms with Gasteiger partial charge in [-0.25, -0.2) is 13.2 Å². The summed E-state index contributed by atoms with van der Waals surface area (Å²) in [4.78, 5) is 11.8. The number of rotatable bonds is 6. The van der Waals surface area contributed by atoms with Crippen molar-refractivity contribution in [2.75, 3.05) is 24.7 Å². The van der Waals surface area contributed by atoms with Crippen molar-refractivity contribution in [2.24, 2.45) is 0 Å². The zero-order chi connectivity index (χ0) is 19.6. The fourth-order valence-electron chi connectivity index (χ4n) is 2.96. The number of sulfone groups is 1. The lowest BCUT2D eigenvalue weighted by atomic mass is 10.1. The van der Waals surface area contributed by atoms with Gasteiger partial charge in [0.05, 0.1) is 4.90 Å². The van der Waals surface area contributed by atoms with Crippen molar-refractivity contribution in [2.45, 2.75) is 18.7 Å². The van der Waals surface area contributed by atoms with Gasteiger partial charge >= 0.3 is 5.63 Å². The molecular weight excluding hydrogens is 366 g/mol. The second-order valence-corrected chi connectivity index (χ2v) is 8.37. The Labute approximate surface area is 157 Å². The molecule has 0 atom stereocenters. The van der Waals surface area contributed by atoms with Crippen LogP contribution in [0.1, 0.15) is 11.1 Å². The Morgan fingerprint density at radius 2 is 1.89 bits per heavy atom. The third kappa shape index (κ3) is 4.31. The van der Waals surface area contributed by atoms with E-state index >= 15 is 0 Å². The van der Waals surface area contributed by atoms with Crippen LogP contribution >= 0.6 is 0 Å². The van der Waals surface area contributed by atoms with E-state index in [9.17, 15) is 13.2 Å². The van der Waals surface area contributed by atoms with Crippen molar-refractivity contribution in [1.82, 2.24) is 0 Å². The summed E-state index contributed by atoms with van der Waals surface area (Å²) in [6, 6.07) is 12.0. The van der Waals surface area contributed by atoms with E-state index in [1.165, 1.54) is 12.3 Å². The molecule has 3 aromatic rings. The smallest absolute Gasteiger partial charge is 0.336 e. The Kier molecular flexibility index (Phi) is 5.23. The van der Waals surface area contributed by atoms with Gasteiger partial charge in [-0.3, -0.25) is 0 Å². The van der Waals surface area contributed by atoms with Gasteiger partial charge in [0.25, 0.3) is 0 Å². The quantitative estimate of drug-likeness (QED) is 0.516. The minimum absolute atomic E-state index is 0.313. The molecule has 0 unspecified atom stereocenters. The summed E-state index contributed by atoms with van der Waals surface area (Å²) in [6.07, 6.45) is 1.20. The molecule has 0 amide bonds. The lowest BCUT2D eigenvalue weighted by molar-refractivity contribution is 0.332. The van der Waals surface area contributed by atoms with Crippen molar-refractivity contribution >= 4 is 26.5 Å². The highest BCUT2D eigenvalue weighted by Crippen LogP contribution is 2.24. The van der Waals surface area contributed by atoms with E-state index in [1.807, 2.05) is 25.1 Å². The average Bonchev–Trinajstić information content (AvgIpc) is 2.58. The van der Waals surface area contributed by atoms with E-state index in [2.05, 4.69) is 5.32 Å². The predicted molar refractivity (Wildman–Crippen MR) is 105 cm³/mol. The largest absolute Gasteiger partial charge is 0.492 e. The molecule has 1 heterocycles. The van der Waals surface area contributed by atoms with Gasteiger partial charge in [-0.15, -0.1) is 0 Å². The van der Waals surface area contributed by atoms with Crippen LogP contribution in [0.5, 0.6) is 5.75 Å². The minimum Gasteiger partial charge on any atom is -0.492 e. The number of aryl methyl sites for hydroxylation is 1. The Hall–Kier alpha value is -2.80. The molecule has 1 aromatic heterocycles. The van der Waals surface area contributed by atoms with Crippen LogP contribution in [0.2, 0.25) is 0 Å². The maximum Gasteiger partial charge on any atom is 0.336 e. The zero-order valence-corrected chi connectivity index (χ0v) is 16.2. The van der Waals surface area contributed by atoms with Crippen molar-refractivity contribution < 1.29 is 17.6 Å². The highest BCUT2D eigenvalue weighted by atomic mass is 32.2. The van der Waals surface area contributed by atoms with Gasteiger partial charge in [0.15, 0.2) is 9.84 Å². The molecule has 0 aliphatic rings. The molecular formula is C20H21NO5S. The molecule has 0 radical (unpaired) electrons. The molecule has 3 rings (SSSR count). The average molecular weight is 387 g/mol. The molecule has 0 aliphatic heterocycles. The fourth-order valence-corrected chi connectivity index (χ4v) is 3.95. The second-order valence-electron chi connectivity index (χ2n) is 6.38. The van der Waals surface area contributed by atoms with E-state index in [-0.39, 0.29) is 5.63 Å². The maximum absolute atomic E-state index is 11.8. The van der Waals surface area contributed by atoms with Crippen molar-refractivity contribution in [3.63, 3.8) is 0 Å². The van der Waals surface area contributed by atoms with Gasteiger partial charge in [-0.05, 0) is 49.2 Å². The van der Waals surface area contributed by atoms with Gasteiger partial charge in [0.2, 0.25) is 0 Å². The third-order valence-corrected chi connectivity index (χ3v) is 5.53. The van der Waals surface area contributed by atoms with Crippen molar-refractivity contribution in [3.05, 3.63) is 64.0 Å². The SMILES string of the molecule is Cc1c(NCCOc2ccc3c(C)cc(=O)oc3c2)cccc1S(C)(=O)=O. The van der Waals surface area contributed by atoms with Crippen LogP contribution in [0, 0.1) is 13.8 Å². The van der Waals surface area contributed by atoms with Crippen LogP contribution < -0.4 is 15.7 Å². The fraction of sp³-hybridized carbons (Fsp3) is 0.250. The number of benzene rings is 2. The summed E-state index contributed by atoms with van der Waals surface area (Å²) < 4.78 is 34.5. The van der Waals surface area contributed by atoms with Gasteiger partial charge in [-0.1, -0.05) is 6.07 Å². The van der Waals surface area contributed by atoms with E-state index in [0.29, 0.717) is 34.9 Å². The number of hydrogen-bond donors (Lipinski definition) is 1. The second kappa shape index (κ2) is 7.44. The van der Waals surface area contributed by atoms with Crippen molar-refractivity contribution in [1.29, 1.82) is 0 Å². The Morgan fingerprint density at radius 1 is 1.11 bits per heavy atom. The topological polar surface area (TPSA) is 85.6 Å². The molecule has 0 fully saturated rings. The molecule has 1 N–H and O–H groups in total. The standard InChI is InChI=1S/C20H21NO5S/c1-13-11-20(22)26-18-12-15(7-8-16(13)18)25-10-9-21-17-5-4-6-19(14(17)2)27(3,23)24/h4-8,11-12,21H,9-10H2,1-3H3. The van der Waals surface area contributed by atoms with Crippen LogP contribution in [0.15, 0.2) is 56.6 Å². The molecule has 0 saturated heterocycles. The molecule has 0 saturated carbocycles. The van der Waals surface area contributed by atoms with Gasteiger partial charge in [0, 0.05) is 36.0 Å². The molecule has 142 valence electrons. The van der Waals surface area contributed by atoms with Gasteiger partial charge < -0.3 is 14.5 Å². The molecule has 2 aromatic carbocycles. The monoisotopic (exact) mass is 387 g/mol. The van der Waals surface area contributed by atoms with Crippen LogP contribution in [0.3, 0.4) is 0 Å². The first-order valence-corrected chi connectivity index (χ1v) is 10.4. The summed E-state index contributed by atoms with van der Waals surface area (Å²) in [5, 5.41) is 4.06. The molecule has 0 aliphatic carbocycles. The first-order valence-electron chi connectivity index (χ1n) is 8.46. The number of anilines is 1. The Bertz CT molecular complexity index is 1150. The summed E-state index contributed by atoms with van der Waals surface area (Å²) in [6.45, 7) is 4.48. The molecule has 0 bridgehead atoms. The molecule has 27 heavy (non-hydrogen) atoms. The van der Waals surface area contributed by atoms with Crippen LogP contribution in [-0.4, -0.2) is 27.8 Å². The normalized spacial score (nSPS) is 11.5. The van der Waals surface area contributed by atoms with Crippen LogP contribution in [0.25, 0.3) is 11.0 Å². The summed E-state index contributed by atoms with van der Waals surface area (Å²) >= 11 is 0. The summed E-state index contributed by atoms with van der Waals surface area (Å²) in [5.41, 5.74) is 2.39. The minimum atomic E-state index is -3.26. The molecule has 6 nitrogen and oxygen atoms in total. The van der Waals surface area contributed by atoms with E-state index in [4.69, 9.17) is 9.15 Å². The lowest BCUT2D eigenvalue weighted by Crippen LogP contribution is -2.13. The number of hydrogen-bond acceptors (Lipinski definition) is 6. The van der Waals surface area contributed by atoms with Gasteiger partial charge in [0.1, 0.15) is 17.9 Å². The third-order valence-electron chi connectivity index (χ3n) is 4.29. The number of nitrogens with one attached hydrogen (secondary N) is 1. The number of ether oxygens (including phenoxy) is 1. The zero-order valence-electron chi connectivity index (χ0n) is 15.4. The van der Waals surface area contributed by atoms with Crippen LogP contribution in [0.4, 0.5) is 5.69 Å². The first kappa shape index (κ1) is 19.0. The lowest BCUT2D eigenvalue weighted by Gasteiger charge is -2.13. The highest BCUT2D eigenvalue weighted by molar-refractivity contribution is 7.90. The van der Waals surface area contributed by atoms with E-state index < -0.39 is 9.84 Å². The Morgan fingerprint density at radius 3 is 2.63 bits per heavy atom. The first-order chi connectivity index (χ1) is 12.8. The molecule has 7 heteroatoms. The molecule has 0 spiro atoms. The van der Waals surface area contributed by atoms with Gasteiger partial charge in [-0.2, -0.15) is 0 Å².